The lowest BCUT2D eigenvalue weighted by atomic mass is 9.94. The van der Waals surface area contributed by atoms with Gasteiger partial charge in [0.1, 0.15) is 11.8 Å². The maximum atomic E-state index is 13.4. The Labute approximate surface area is 227 Å². The van der Waals surface area contributed by atoms with E-state index in [1.807, 2.05) is 94.4 Å². The van der Waals surface area contributed by atoms with Gasteiger partial charge in [-0.05, 0) is 80.3 Å². The molecule has 0 bridgehead atoms. The molecular weight excluding hydrogens is 496 g/mol. The highest BCUT2D eigenvalue weighted by Gasteiger charge is 2.30. The summed E-state index contributed by atoms with van der Waals surface area (Å²) in [5.41, 5.74) is 6.74. The minimum Gasteiger partial charge on any atom is -0.496 e. The molecule has 196 valence electrons. The summed E-state index contributed by atoms with van der Waals surface area (Å²) in [5, 5.41) is 9.72. The molecule has 7 nitrogen and oxygen atoms in total. The Morgan fingerprint density at radius 3 is 2.34 bits per heavy atom. The highest BCUT2D eigenvalue weighted by Crippen LogP contribution is 2.35. The van der Waals surface area contributed by atoms with Crippen LogP contribution in [0.15, 0.2) is 83.0 Å². The van der Waals surface area contributed by atoms with Crippen LogP contribution in [0.3, 0.4) is 0 Å². The smallest absolute Gasteiger partial charge is 0.255 e. The van der Waals surface area contributed by atoms with Crippen molar-refractivity contribution in [2.24, 2.45) is 4.99 Å². The average Bonchev–Trinajstić information content (AvgIpc) is 2.90. The number of ether oxygens (including phenoxy) is 1. The van der Waals surface area contributed by atoms with E-state index >= 15 is 0 Å². The van der Waals surface area contributed by atoms with Gasteiger partial charge in [0, 0.05) is 17.1 Å². The second-order valence-electron chi connectivity index (χ2n) is 9.19. The molecule has 1 aliphatic heterocycles. The van der Waals surface area contributed by atoms with Crippen molar-refractivity contribution in [3.63, 3.8) is 0 Å². The monoisotopic (exact) mass is 528 g/mol. The fraction of sp³-hybridized carbons (Fsp3) is 0.233. The number of nitrogens with zero attached hydrogens (tertiary/aromatic N) is 1. The maximum Gasteiger partial charge on any atom is 0.255 e. The van der Waals surface area contributed by atoms with Crippen molar-refractivity contribution in [3.8, 4) is 5.75 Å². The number of anilines is 2. The van der Waals surface area contributed by atoms with Gasteiger partial charge in [0.2, 0.25) is 5.91 Å². The molecule has 0 saturated carbocycles. The first kappa shape index (κ1) is 27.0. The van der Waals surface area contributed by atoms with Crippen molar-refractivity contribution in [2.75, 3.05) is 23.5 Å². The predicted octanol–water partition coefficient (Wildman–Crippen LogP) is 5.91. The minimum atomic E-state index is -0.570. The first-order chi connectivity index (χ1) is 18.2. The number of amidine groups is 1. The van der Waals surface area contributed by atoms with Gasteiger partial charge in [-0.15, -0.1) is 0 Å². The SMILES string of the molecule is COc1cc([C@H]2N=C(SCC(=O)Nc3ccc(C)c(C)c3)NC(C)=C2C(=O)Nc2ccccc2)ccc1C. The number of hydrogen-bond donors (Lipinski definition) is 3. The number of methoxy groups -OCH3 is 1. The molecular formula is C30H32N4O3S. The molecule has 0 aliphatic carbocycles. The first-order valence-electron chi connectivity index (χ1n) is 12.3. The van der Waals surface area contributed by atoms with E-state index in [2.05, 4.69) is 16.0 Å². The van der Waals surface area contributed by atoms with Gasteiger partial charge in [0.25, 0.3) is 5.91 Å². The molecule has 3 aromatic rings. The number of carbonyl (C=O) groups excluding carboxylic acids is 2. The molecule has 1 heterocycles. The molecule has 2 amide bonds. The van der Waals surface area contributed by atoms with Crippen molar-refractivity contribution >= 4 is 40.1 Å². The molecule has 3 aromatic carbocycles. The third-order valence-corrected chi connectivity index (χ3v) is 7.26. The zero-order valence-electron chi connectivity index (χ0n) is 22.2. The number of thioether (sulfide) groups is 1. The average molecular weight is 529 g/mol. The van der Waals surface area contributed by atoms with Gasteiger partial charge in [0.15, 0.2) is 5.17 Å². The van der Waals surface area contributed by atoms with Gasteiger partial charge in [-0.3, -0.25) is 9.59 Å². The van der Waals surface area contributed by atoms with E-state index in [1.54, 1.807) is 7.11 Å². The third-order valence-electron chi connectivity index (χ3n) is 6.37. The molecule has 1 atom stereocenters. The van der Waals surface area contributed by atoms with E-state index in [9.17, 15) is 9.59 Å². The molecule has 4 rings (SSSR count). The lowest BCUT2D eigenvalue weighted by Gasteiger charge is -2.27. The van der Waals surface area contributed by atoms with Crippen LogP contribution < -0.4 is 20.7 Å². The van der Waals surface area contributed by atoms with E-state index in [0.29, 0.717) is 22.1 Å². The Kier molecular flexibility index (Phi) is 8.53. The van der Waals surface area contributed by atoms with Gasteiger partial charge in [-0.25, -0.2) is 4.99 Å². The van der Waals surface area contributed by atoms with Crippen LogP contribution in [0, 0.1) is 20.8 Å². The van der Waals surface area contributed by atoms with Crippen molar-refractivity contribution < 1.29 is 14.3 Å². The minimum absolute atomic E-state index is 0.134. The van der Waals surface area contributed by atoms with Crippen LogP contribution in [0.2, 0.25) is 0 Å². The molecule has 3 N–H and O–H groups in total. The Morgan fingerprint density at radius 1 is 0.895 bits per heavy atom. The van der Waals surface area contributed by atoms with E-state index < -0.39 is 6.04 Å². The summed E-state index contributed by atoms with van der Waals surface area (Å²) in [6.45, 7) is 7.87. The van der Waals surface area contributed by atoms with E-state index in [0.717, 1.165) is 28.1 Å². The van der Waals surface area contributed by atoms with Crippen molar-refractivity contribution in [1.82, 2.24) is 5.32 Å². The van der Waals surface area contributed by atoms with Crippen molar-refractivity contribution in [1.29, 1.82) is 0 Å². The number of benzene rings is 3. The first-order valence-corrected chi connectivity index (χ1v) is 13.3. The van der Waals surface area contributed by atoms with Crippen molar-refractivity contribution in [3.05, 3.63) is 100 Å². The van der Waals surface area contributed by atoms with E-state index in [1.165, 1.54) is 17.3 Å². The number of carbonyl (C=O) groups is 2. The van der Waals surface area contributed by atoms with Crippen LogP contribution in [0.1, 0.15) is 35.2 Å². The fourth-order valence-corrected chi connectivity index (χ4v) is 4.88. The lowest BCUT2D eigenvalue weighted by Crippen LogP contribution is -2.32. The van der Waals surface area contributed by atoms with Gasteiger partial charge in [0.05, 0.1) is 18.4 Å². The van der Waals surface area contributed by atoms with Gasteiger partial charge in [-0.1, -0.05) is 48.2 Å². The Hall–Kier alpha value is -4.04. The normalized spacial score (nSPS) is 14.9. The van der Waals surface area contributed by atoms with Gasteiger partial charge >= 0.3 is 0 Å². The van der Waals surface area contributed by atoms with Crippen LogP contribution >= 0.6 is 11.8 Å². The summed E-state index contributed by atoms with van der Waals surface area (Å²) >= 11 is 1.29. The molecule has 38 heavy (non-hydrogen) atoms. The number of hydrogen-bond acceptors (Lipinski definition) is 6. The largest absolute Gasteiger partial charge is 0.496 e. The van der Waals surface area contributed by atoms with Gasteiger partial charge in [-0.2, -0.15) is 0 Å². The summed E-state index contributed by atoms with van der Waals surface area (Å²) < 4.78 is 5.53. The summed E-state index contributed by atoms with van der Waals surface area (Å²) in [5.74, 6) is 0.511. The van der Waals surface area contributed by atoms with Crippen LogP contribution in [0.4, 0.5) is 11.4 Å². The second kappa shape index (κ2) is 12.0. The van der Waals surface area contributed by atoms with Crippen LogP contribution in [0.5, 0.6) is 5.75 Å². The number of amides is 2. The topological polar surface area (TPSA) is 91.8 Å². The summed E-state index contributed by atoms with van der Waals surface area (Å²) in [7, 11) is 1.62. The molecule has 8 heteroatoms. The number of rotatable bonds is 7. The molecule has 0 aromatic heterocycles. The molecule has 0 unspecified atom stereocenters. The molecule has 1 aliphatic rings. The number of aliphatic imine (C=N–C) groups is 1. The lowest BCUT2D eigenvalue weighted by molar-refractivity contribution is -0.114. The highest BCUT2D eigenvalue weighted by atomic mass is 32.2. The Morgan fingerprint density at radius 2 is 1.63 bits per heavy atom. The predicted molar refractivity (Wildman–Crippen MR) is 156 cm³/mol. The fourth-order valence-electron chi connectivity index (χ4n) is 4.13. The summed E-state index contributed by atoms with van der Waals surface area (Å²) in [4.78, 5) is 31.0. The van der Waals surface area contributed by atoms with Crippen LogP contribution in [0.25, 0.3) is 0 Å². The number of nitrogens with one attached hydrogen (secondary N) is 3. The zero-order chi connectivity index (χ0) is 27.2. The molecule has 0 saturated heterocycles. The molecule has 0 radical (unpaired) electrons. The Balaban J connectivity index is 1.56. The quantitative estimate of drug-likeness (QED) is 0.355. The standard InChI is InChI=1S/C30H32N4O3S/c1-18-12-14-24(15-20(18)3)32-26(35)17-38-30-31-21(4)27(29(36)33-23-9-7-6-8-10-23)28(34-30)22-13-11-19(2)25(16-22)37-5/h6-16,28H,17H2,1-5H3,(H,31,34)(H,32,35)(H,33,36)/t28-/m1/s1. The van der Waals surface area contributed by atoms with Crippen LogP contribution in [-0.4, -0.2) is 29.8 Å². The van der Waals surface area contributed by atoms with Crippen LogP contribution in [-0.2, 0) is 9.59 Å². The number of aryl methyl sites for hydroxylation is 3. The molecule has 0 fully saturated rings. The summed E-state index contributed by atoms with van der Waals surface area (Å²) in [6, 6.07) is 20.4. The third kappa shape index (κ3) is 6.44. The number of allylic oxidation sites excluding steroid dienone is 1. The van der Waals surface area contributed by atoms with Crippen molar-refractivity contribution in [2.45, 2.75) is 33.7 Å². The Bertz CT molecular complexity index is 1420. The van der Waals surface area contributed by atoms with E-state index in [4.69, 9.17) is 9.73 Å². The second-order valence-corrected chi connectivity index (χ2v) is 10.1. The van der Waals surface area contributed by atoms with Gasteiger partial charge < -0.3 is 20.7 Å². The number of para-hydroxylation sites is 1. The molecule has 0 spiro atoms. The maximum absolute atomic E-state index is 13.4. The summed E-state index contributed by atoms with van der Waals surface area (Å²) in [6.07, 6.45) is 0. The zero-order valence-corrected chi connectivity index (χ0v) is 23.0. The highest BCUT2D eigenvalue weighted by molar-refractivity contribution is 8.14. The van der Waals surface area contributed by atoms with E-state index in [-0.39, 0.29) is 17.6 Å².